The number of hydrogen-bond donors (Lipinski definition) is 1. The summed E-state index contributed by atoms with van der Waals surface area (Å²) in [5, 5.41) is 0. The molecule has 2 aromatic heterocycles. The Labute approximate surface area is 124 Å². The van der Waals surface area contributed by atoms with Crippen LogP contribution in [-0.4, -0.2) is 58.6 Å². The molecule has 2 aromatic rings. The smallest absolute Gasteiger partial charge is 0.274 e. The fourth-order valence-corrected chi connectivity index (χ4v) is 2.48. The Morgan fingerprint density at radius 1 is 1.29 bits per heavy atom. The third-order valence-electron chi connectivity index (χ3n) is 3.84. The maximum Gasteiger partial charge on any atom is 0.274 e. The Hall–Kier alpha value is -2.21. The van der Waals surface area contributed by atoms with Gasteiger partial charge in [-0.1, -0.05) is 6.07 Å². The summed E-state index contributed by atoms with van der Waals surface area (Å²) in [6.07, 6.45) is 3.41. The van der Waals surface area contributed by atoms with E-state index in [0.717, 1.165) is 37.7 Å². The van der Waals surface area contributed by atoms with Crippen LogP contribution in [0.5, 0.6) is 0 Å². The molecule has 0 atom stereocenters. The average Bonchev–Trinajstić information content (AvgIpc) is 2.97. The fourth-order valence-electron chi connectivity index (χ4n) is 2.48. The summed E-state index contributed by atoms with van der Waals surface area (Å²) in [4.78, 5) is 24.5. The molecule has 6 heteroatoms. The predicted octanol–water partition coefficient (Wildman–Crippen LogP) is -0.454. The van der Waals surface area contributed by atoms with E-state index in [9.17, 15) is 4.79 Å². The second kappa shape index (κ2) is 5.65. The molecular weight excluding hydrogens is 266 g/mol. The van der Waals surface area contributed by atoms with Gasteiger partial charge in [-0.3, -0.25) is 9.36 Å². The van der Waals surface area contributed by atoms with Crippen molar-refractivity contribution < 1.29 is 9.69 Å². The van der Waals surface area contributed by atoms with Crippen molar-refractivity contribution in [2.45, 2.75) is 6.92 Å². The molecule has 6 nitrogen and oxygen atoms in total. The van der Waals surface area contributed by atoms with Crippen LogP contribution in [0.1, 0.15) is 16.2 Å². The molecule has 3 rings (SSSR count). The molecule has 21 heavy (non-hydrogen) atoms. The highest BCUT2D eigenvalue weighted by Crippen LogP contribution is 2.09. The molecule has 0 spiro atoms. The lowest BCUT2D eigenvalue weighted by Crippen LogP contribution is -3.12. The molecule has 110 valence electrons. The molecule has 1 aliphatic rings. The van der Waals surface area contributed by atoms with E-state index in [1.807, 2.05) is 30.0 Å². The van der Waals surface area contributed by atoms with Crippen molar-refractivity contribution in [2.75, 3.05) is 33.2 Å². The monoisotopic (exact) mass is 286 g/mol. The summed E-state index contributed by atoms with van der Waals surface area (Å²) in [5.74, 6) is 0.790. The lowest BCUT2D eigenvalue weighted by molar-refractivity contribution is -0.883. The Kier molecular flexibility index (Phi) is 3.70. The first kappa shape index (κ1) is 13.8. The van der Waals surface area contributed by atoms with Gasteiger partial charge in [-0.2, -0.15) is 0 Å². The number of nitrogens with one attached hydrogen (secondary N) is 1. The van der Waals surface area contributed by atoms with Gasteiger partial charge in [0.2, 0.25) is 0 Å². The summed E-state index contributed by atoms with van der Waals surface area (Å²) in [6.45, 7) is 5.51. The van der Waals surface area contributed by atoms with Crippen LogP contribution < -0.4 is 4.90 Å². The summed E-state index contributed by atoms with van der Waals surface area (Å²) in [6, 6.07) is 5.80. The van der Waals surface area contributed by atoms with Crippen LogP contribution in [0.15, 0.2) is 30.7 Å². The van der Waals surface area contributed by atoms with Gasteiger partial charge in [0.15, 0.2) is 0 Å². The van der Waals surface area contributed by atoms with E-state index in [0.29, 0.717) is 5.69 Å². The third-order valence-corrected chi connectivity index (χ3v) is 3.84. The van der Waals surface area contributed by atoms with Crippen LogP contribution in [-0.2, 0) is 0 Å². The molecule has 1 saturated heterocycles. The molecule has 1 amide bonds. The molecule has 1 fully saturated rings. The van der Waals surface area contributed by atoms with Crippen LogP contribution in [0, 0.1) is 6.92 Å². The third kappa shape index (κ3) is 2.95. The summed E-state index contributed by atoms with van der Waals surface area (Å²) in [5.41, 5.74) is 1.42. The van der Waals surface area contributed by atoms with Crippen LogP contribution in [0.3, 0.4) is 0 Å². The van der Waals surface area contributed by atoms with Crippen LogP contribution in [0.4, 0.5) is 0 Å². The molecule has 0 bridgehead atoms. The van der Waals surface area contributed by atoms with E-state index >= 15 is 0 Å². The zero-order chi connectivity index (χ0) is 14.8. The SMILES string of the molecule is Cc1cccc(-n2cnc(C(=O)N3CC[NH+](C)CC3)c2)n1. The molecule has 0 aromatic carbocycles. The molecule has 0 aliphatic carbocycles. The van der Waals surface area contributed by atoms with Gasteiger partial charge in [-0.25, -0.2) is 9.97 Å². The number of aromatic nitrogens is 3. The van der Waals surface area contributed by atoms with Crippen molar-refractivity contribution >= 4 is 5.91 Å². The Morgan fingerprint density at radius 2 is 2.05 bits per heavy atom. The number of likely N-dealkylation sites (N-methyl/N-ethyl adjacent to an activating group) is 1. The van der Waals surface area contributed by atoms with Gasteiger partial charge < -0.3 is 9.80 Å². The average molecular weight is 286 g/mol. The van der Waals surface area contributed by atoms with Crippen molar-refractivity contribution in [1.82, 2.24) is 19.4 Å². The first-order valence-corrected chi connectivity index (χ1v) is 7.22. The Morgan fingerprint density at radius 3 is 2.76 bits per heavy atom. The summed E-state index contributed by atoms with van der Waals surface area (Å²) in [7, 11) is 2.15. The highest BCUT2D eigenvalue weighted by atomic mass is 16.2. The van der Waals surface area contributed by atoms with Gasteiger partial charge in [0.25, 0.3) is 5.91 Å². The molecule has 0 radical (unpaired) electrons. The molecule has 1 N–H and O–H groups in total. The van der Waals surface area contributed by atoms with E-state index in [2.05, 4.69) is 17.0 Å². The van der Waals surface area contributed by atoms with E-state index in [1.165, 1.54) is 4.90 Å². The quantitative estimate of drug-likeness (QED) is 0.813. The zero-order valence-electron chi connectivity index (χ0n) is 12.4. The lowest BCUT2D eigenvalue weighted by Gasteiger charge is -2.29. The lowest BCUT2D eigenvalue weighted by atomic mass is 10.3. The highest BCUT2D eigenvalue weighted by molar-refractivity contribution is 5.92. The first-order valence-electron chi connectivity index (χ1n) is 7.22. The standard InChI is InChI=1S/C15H19N5O/c1-12-4-3-5-14(17-12)20-10-13(16-11-20)15(21)19-8-6-18(2)7-9-19/h3-5,10-11H,6-9H2,1-2H3/p+1. The van der Waals surface area contributed by atoms with E-state index in [-0.39, 0.29) is 5.91 Å². The number of carbonyl (C=O) groups is 1. The summed E-state index contributed by atoms with van der Waals surface area (Å²) < 4.78 is 1.79. The second-order valence-corrected chi connectivity index (χ2v) is 5.55. The first-order chi connectivity index (χ1) is 10.1. The van der Waals surface area contributed by atoms with Gasteiger partial charge in [0.05, 0.1) is 33.2 Å². The molecule has 1 aliphatic heterocycles. The van der Waals surface area contributed by atoms with E-state index in [4.69, 9.17) is 0 Å². The molecule has 3 heterocycles. The normalized spacial score (nSPS) is 16.2. The highest BCUT2D eigenvalue weighted by Gasteiger charge is 2.24. The van der Waals surface area contributed by atoms with Crippen LogP contribution in [0.2, 0.25) is 0 Å². The predicted molar refractivity (Wildman–Crippen MR) is 78.6 cm³/mol. The minimum Gasteiger partial charge on any atom is -0.334 e. The number of rotatable bonds is 2. The topological polar surface area (TPSA) is 55.5 Å². The van der Waals surface area contributed by atoms with Gasteiger partial charge >= 0.3 is 0 Å². The Bertz CT molecular complexity index is 643. The number of carbonyl (C=O) groups excluding carboxylic acids is 1. The van der Waals surface area contributed by atoms with E-state index in [1.54, 1.807) is 17.1 Å². The van der Waals surface area contributed by atoms with Gasteiger partial charge in [-0.15, -0.1) is 0 Å². The molecular formula is C15H20N5O+. The number of amides is 1. The van der Waals surface area contributed by atoms with Gasteiger partial charge in [0, 0.05) is 11.9 Å². The van der Waals surface area contributed by atoms with Gasteiger partial charge in [-0.05, 0) is 19.1 Å². The van der Waals surface area contributed by atoms with Gasteiger partial charge in [0.1, 0.15) is 17.8 Å². The molecule has 0 unspecified atom stereocenters. The Balaban J connectivity index is 1.77. The maximum absolute atomic E-state index is 12.4. The van der Waals surface area contributed by atoms with Crippen molar-refractivity contribution in [3.8, 4) is 5.82 Å². The minimum atomic E-state index is 0.00824. The number of piperazine rings is 1. The van der Waals surface area contributed by atoms with Crippen molar-refractivity contribution in [1.29, 1.82) is 0 Å². The van der Waals surface area contributed by atoms with Crippen molar-refractivity contribution in [3.63, 3.8) is 0 Å². The van der Waals surface area contributed by atoms with E-state index < -0.39 is 0 Å². The number of quaternary nitrogens is 1. The second-order valence-electron chi connectivity index (χ2n) is 5.55. The zero-order valence-corrected chi connectivity index (χ0v) is 12.4. The number of imidazole rings is 1. The maximum atomic E-state index is 12.4. The largest absolute Gasteiger partial charge is 0.334 e. The fraction of sp³-hybridized carbons (Fsp3) is 0.400. The van der Waals surface area contributed by atoms with Crippen molar-refractivity contribution in [2.24, 2.45) is 0 Å². The minimum absolute atomic E-state index is 0.00824. The molecule has 0 saturated carbocycles. The van der Waals surface area contributed by atoms with Crippen LogP contribution >= 0.6 is 0 Å². The number of hydrogen-bond acceptors (Lipinski definition) is 3. The number of aryl methyl sites for hydroxylation is 1. The summed E-state index contributed by atoms with van der Waals surface area (Å²) >= 11 is 0. The van der Waals surface area contributed by atoms with Crippen molar-refractivity contribution in [3.05, 3.63) is 42.1 Å². The number of pyridine rings is 1. The van der Waals surface area contributed by atoms with Crippen LogP contribution in [0.25, 0.3) is 5.82 Å². The number of nitrogens with zero attached hydrogens (tertiary/aromatic N) is 4.